The highest BCUT2D eigenvalue weighted by Crippen LogP contribution is 2.36. The molecule has 0 amide bonds. The molecule has 2 aromatic rings. The number of benzene rings is 1. The molecule has 144 valence electrons. The molecule has 2 heterocycles. The maximum atomic E-state index is 11.5. The van der Waals surface area contributed by atoms with E-state index in [9.17, 15) is 9.90 Å². The number of hydrogen-bond acceptors (Lipinski definition) is 5. The molecule has 27 heavy (non-hydrogen) atoms. The fourth-order valence-corrected chi connectivity index (χ4v) is 3.74. The summed E-state index contributed by atoms with van der Waals surface area (Å²) in [7, 11) is 3.27. The zero-order chi connectivity index (χ0) is 19.2. The van der Waals surface area contributed by atoms with Crippen molar-refractivity contribution in [3.05, 3.63) is 53.9 Å². The largest absolute Gasteiger partial charge is 0.497 e. The second-order valence-corrected chi connectivity index (χ2v) is 6.82. The Morgan fingerprint density at radius 2 is 2.15 bits per heavy atom. The van der Waals surface area contributed by atoms with Gasteiger partial charge in [-0.15, -0.1) is 0 Å². The van der Waals surface area contributed by atoms with E-state index in [-0.39, 0.29) is 12.0 Å². The quantitative estimate of drug-likeness (QED) is 0.807. The Labute approximate surface area is 159 Å². The molecule has 0 radical (unpaired) electrons. The predicted octanol–water partition coefficient (Wildman–Crippen LogP) is 3.18. The number of ether oxygens (including phenoxy) is 2. The Morgan fingerprint density at radius 3 is 2.81 bits per heavy atom. The third-order valence-electron chi connectivity index (χ3n) is 5.17. The molecule has 2 atom stereocenters. The number of hydrogen-bond donors (Lipinski definition) is 1. The normalized spacial score (nSPS) is 18.7. The van der Waals surface area contributed by atoms with Crippen LogP contribution in [0.5, 0.6) is 11.5 Å². The van der Waals surface area contributed by atoms with Crippen molar-refractivity contribution >= 4 is 5.97 Å². The Hall–Kier alpha value is -2.60. The number of carboxylic acid groups (broad SMARTS) is 1. The molecule has 1 N–H and O–H groups in total. The number of methoxy groups -OCH3 is 2. The number of nitrogens with zero attached hydrogens (tertiary/aromatic N) is 2. The first-order chi connectivity index (χ1) is 13.1. The zero-order valence-electron chi connectivity index (χ0n) is 15.8. The highest BCUT2D eigenvalue weighted by molar-refractivity contribution is 5.70. The molecule has 0 spiro atoms. The lowest BCUT2D eigenvalue weighted by atomic mass is 9.92. The lowest BCUT2D eigenvalue weighted by Gasteiger charge is -2.37. The summed E-state index contributed by atoms with van der Waals surface area (Å²) in [5, 5.41) is 9.49. The van der Waals surface area contributed by atoms with Crippen LogP contribution in [0, 0.1) is 5.92 Å². The molecule has 3 rings (SSSR count). The Balaban J connectivity index is 1.96. The standard InChI is InChI=1S/C21H26N2O4/c1-26-17-8-9-18(20(13-17)27-2)19(12-16-7-3-4-10-22-16)23-11-5-6-15(14-23)21(24)25/h3-4,7-10,13,15,19H,5-6,11-12,14H2,1-2H3,(H,24,25). The number of carboxylic acids is 1. The monoisotopic (exact) mass is 370 g/mol. The van der Waals surface area contributed by atoms with Gasteiger partial charge in [0.1, 0.15) is 11.5 Å². The molecule has 0 bridgehead atoms. The van der Waals surface area contributed by atoms with Crippen LogP contribution in [-0.2, 0) is 11.2 Å². The molecule has 0 aliphatic carbocycles. The van der Waals surface area contributed by atoms with Gasteiger partial charge in [-0.1, -0.05) is 12.1 Å². The summed E-state index contributed by atoms with van der Waals surface area (Å²) in [5.74, 6) is 0.411. The fourth-order valence-electron chi connectivity index (χ4n) is 3.74. The second kappa shape index (κ2) is 8.86. The van der Waals surface area contributed by atoms with Crippen molar-refractivity contribution in [2.75, 3.05) is 27.3 Å². The highest BCUT2D eigenvalue weighted by atomic mass is 16.5. The maximum Gasteiger partial charge on any atom is 0.307 e. The van der Waals surface area contributed by atoms with Crippen LogP contribution in [0.2, 0.25) is 0 Å². The van der Waals surface area contributed by atoms with Crippen molar-refractivity contribution in [3.63, 3.8) is 0 Å². The van der Waals surface area contributed by atoms with E-state index in [0.29, 0.717) is 13.0 Å². The van der Waals surface area contributed by atoms with Gasteiger partial charge in [0.15, 0.2) is 0 Å². The SMILES string of the molecule is COc1ccc(C(Cc2ccccn2)N2CCCC(C(=O)O)C2)c(OC)c1. The van der Waals surface area contributed by atoms with Gasteiger partial charge >= 0.3 is 5.97 Å². The molecule has 1 aliphatic heterocycles. The lowest BCUT2D eigenvalue weighted by molar-refractivity contribution is -0.144. The van der Waals surface area contributed by atoms with E-state index in [2.05, 4.69) is 9.88 Å². The van der Waals surface area contributed by atoms with Gasteiger partial charge in [0.25, 0.3) is 0 Å². The fraction of sp³-hybridized carbons (Fsp3) is 0.429. The van der Waals surface area contributed by atoms with Crippen LogP contribution >= 0.6 is 0 Å². The van der Waals surface area contributed by atoms with Crippen molar-refractivity contribution in [2.45, 2.75) is 25.3 Å². The van der Waals surface area contributed by atoms with Gasteiger partial charge in [-0.2, -0.15) is 0 Å². The first-order valence-electron chi connectivity index (χ1n) is 9.21. The van der Waals surface area contributed by atoms with Gasteiger partial charge in [0.2, 0.25) is 0 Å². The van der Waals surface area contributed by atoms with Gasteiger partial charge < -0.3 is 14.6 Å². The first-order valence-corrected chi connectivity index (χ1v) is 9.21. The number of piperidine rings is 1. The summed E-state index contributed by atoms with van der Waals surface area (Å²) < 4.78 is 10.9. The van der Waals surface area contributed by atoms with Crippen molar-refractivity contribution in [1.82, 2.24) is 9.88 Å². The minimum absolute atomic E-state index is 0.0112. The molecular weight excluding hydrogens is 344 g/mol. The molecule has 0 saturated carbocycles. The molecule has 1 aliphatic rings. The Kier molecular flexibility index (Phi) is 6.29. The van der Waals surface area contributed by atoms with Gasteiger partial charge in [-0.05, 0) is 37.6 Å². The van der Waals surface area contributed by atoms with Crippen molar-refractivity contribution < 1.29 is 19.4 Å². The summed E-state index contributed by atoms with van der Waals surface area (Å²) in [5.41, 5.74) is 1.99. The van der Waals surface area contributed by atoms with E-state index in [1.54, 1.807) is 20.4 Å². The third-order valence-corrected chi connectivity index (χ3v) is 5.17. The van der Waals surface area contributed by atoms with Gasteiger partial charge in [-0.3, -0.25) is 14.7 Å². The topological polar surface area (TPSA) is 71.9 Å². The van der Waals surface area contributed by atoms with Gasteiger partial charge in [-0.25, -0.2) is 0 Å². The molecular formula is C21H26N2O4. The van der Waals surface area contributed by atoms with E-state index in [1.807, 2.05) is 36.4 Å². The number of aromatic nitrogens is 1. The third kappa shape index (κ3) is 4.57. The summed E-state index contributed by atoms with van der Waals surface area (Å²) in [6.07, 6.45) is 4.07. The molecule has 2 unspecified atom stereocenters. The Morgan fingerprint density at radius 1 is 1.30 bits per heavy atom. The predicted molar refractivity (Wildman–Crippen MR) is 102 cm³/mol. The van der Waals surface area contributed by atoms with Crippen molar-refractivity contribution in [2.24, 2.45) is 5.92 Å². The summed E-state index contributed by atoms with van der Waals surface area (Å²) in [6.45, 7) is 1.39. The molecule has 1 saturated heterocycles. The maximum absolute atomic E-state index is 11.5. The zero-order valence-corrected chi connectivity index (χ0v) is 15.8. The number of carbonyl (C=O) groups is 1. The number of likely N-dealkylation sites (tertiary alicyclic amines) is 1. The summed E-state index contributed by atoms with van der Waals surface area (Å²) >= 11 is 0. The number of pyridine rings is 1. The number of rotatable bonds is 7. The average molecular weight is 370 g/mol. The van der Waals surface area contributed by atoms with E-state index in [0.717, 1.165) is 42.1 Å². The molecule has 1 fully saturated rings. The smallest absolute Gasteiger partial charge is 0.307 e. The summed E-state index contributed by atoms with van der Waals surface area (Å²) in [4.78, 5) is 18.3. The van der Waals surface area contributed by atoms with E-state index in [1.165, 1.54) is 0 Å². The van der Waals surface area contributed by atoms with E-state index >= 15 is 0 Å². The molecule has 6 heteroatoms. The highest BCUT2D eigenvalue weighted by Gasteiger charge is 2.32. The number of aliphatic carboxylic acids is 1. The second-order valence-electron chi connectivity index (χ2n) is 6.82. The van der Waals surface area contributed by atoms with Crippen LogP contribution in [0.1, 0.15) is 30.1 Å². The minimum Gasteiger partial charge on any atom is -0.497 e. The van der Waals surface area contributed by atoms with Gasteiger partial charge in [0.05, 0.1) is 20.1 Å². The van der Waals surface area contributed by atoms with Crippen LogP contribution in [-0.4, -0.2) is 48.3 Å². The van der Waals surface area contributed by atoms with Crippen molar-refractivity contribution in [3.8, 4) is 11.5 Å². The first kappa shape index (κ1) is 19.2. The molecule has 1 aromatic heterocycles. The minimum atomic E-state index is -0.724. The van der Waals surface area contributed by atoms with Crippen LogP contribution in [0.15, 0.2) is 42.6 Å². The van der Waals surface area contributed by atoms with E-state index in [4.69, 9.17) is 9.47 Å². The average Bonchev–Trinajstić information content (AvgIpc) is 2.72. The summed E-state index contributed by atoms with van der Waals surface area (Å²) in [6, 6.07) is 11.7. The van der Waals surface area contributed by atoms with Crippen molar-refractivity contribution in [1.29, 1.82) is 0 Å². The van der Waals surface area contributed by atoms with Crippen LogP contribution < -0.4 is 9.47 Å². The van der Waals surface area contributed by atoms with Crippen LogP contribution in [0.3, 0.4) is 0 Å². The Bertz CT molecular complexity index is 766. The lowest BCUT2D eigenvalue weighted by Crippen LogP contribution is -2.41. The van der Waals surface area contributed by atoms with Crippen LogP contribution in [0.25, 0.3) is 0 Å². The molecule has 6 nitrogen and oxygen atoms in total. The molecule has 1 aromatic carbocycles. The van der Waals surface area contributed by atoms with Gasteiger partial charge in [0, 0.05) is 42.5 Å². The van der Waals surface area contributed by atoms with Crippen LogP contribution in [0.4, 0.5) is 0 Å². The van der Waals surface area contributed by atoms with E-state index < -0.39 is 5.97 Å².